The largest absolute Gasteiger partial charge is 0.275 e. The normalized spacial score (nSPS) is 13.9. The number of aryl methyl sites for hydroxylation is 3. The molecule has 0 amide bonds. The fraction of sp³-hybridized carbons (Fsp3) is 0.250. The van der Waals surface area contributed by atoms with Gasteiger partial charge >= 0.3 is 0 Å². The SMILES string of the molecule is Cc1nc2nc(-c3cccc(-c4cnn(C)c4)c3)nc(-c3ccc(S(=O)(=O)N(C)C4CC4)cc3F)c2nc1C. The molecular weight excluding hydrogens is 517 g/mol. The van der Waals surface area contributed by atoms with Gasteiger partial charge < -0.3 is 0 Å². The first-order valence-electron chi connectivity index (χ1n) is 12.5. The van der Waals surface area contributed by atoms with E-state index < -0.39 is 15.8 Å². The van der Waals surface area contributed by atoms with Crippen molar-refractivity contribution in [2.45, 2.75) is 37.6 Å². The summed E-state index contributed by atoms with van der Waals surface area (Å²) >= 11 is 0. The van der Waals surface area contributed by atoms with Gasteiger partial charge in [0.2, 0.25) is 10.0 Å². The highest BCUT2D eigenvalue weighted by atomic mass is 32.2. The van der Waals surface area contributed by atoms with Gasteiger partial charge in [-0.3, -0.25) is 4.68 Å². The summed E-state index contributed by atoms with van der Waals surface area (Å²) < 4.78 is 44.7. The molecule has 11 heteroatoms. The van der Waals surface area contributed by atoms with Crippen LogP contribution >= 0.6 is 0 Å². The smallest absolute Gasteiger partial charge is 0.243 e. The topological polar surface area (TPSA) is 107 Å². The van der Waals surface area contributed by atoms with Gasteiger partial charge in [-0.2, -0.15) is 9.40 Å². The summed E-state index contributed by atoms with van der Waals surface area (Å²) in [6.45, 7) is 3.65. The van der Waals surface area contributed by atoms with Gasteiger partial charge in [0.15, 0.2) is 11.5 Å². The lowest BCUT2D eigenvalue weighted by Crippen LogP contribution is -2.29. The average Bonchev–Trinajstić information content (AvgIpc) is 3.68. The molecule has 6 rings (SSSR count). The van der Waals surface area contributed by atoms with E-state index in [9.17, 15) is 8.42 Å². The maximum Gasteiger partial charge on any atom is 0.243 e. The van der Waals surface area contributed by atoms with Gasteiger partial charge in [0.1, 0.15) is 17.0 Å². The van der Waals surface area contributed by atoms with Crippen LogP contribution in [0.15, 0.2) is 59.8 Å². The summed E-state index contributed by atoms with van der Waals surface area (Å²) in [6.07, 6.45) is 5.31. The second kappa shape index (κ2) is 9.28. The van der Waals surface area contributed by atoms with Crippen LogP contribution in [0.5, 0.6) is 0 Å². The Morgan fingerprint density at radius 2 is 1.69 bits per heavy atom. The Morgan fingerprint density at radius 3 is 2.38 bits per heavy atom. The number of aromatic nitrogens is 6. The lowest BCUT2D eigenvalue weighted by atomic mass is 10.1. The zero-order valence-electron chi connectivity index (χ0n) is 21.9. The van der Waals surface area contributed by atoms with Gasteiger partial charge in [0.05, 0.1) is 22.5 Å². The van der Waals surface area contributed by atoms with Crippen LogP contribution in [0.25, 0.3) is 44.9 Å². The van der Waals surface area contributed by atoms with Crippen LogP contribution in [0.4, 0.5) is 4.39 Å². The first-order valence-corrected chi connectivity index (χ1v) is 14.0. The van der Waals surface area contributed by atoms with Crippen molar-refractivity contribution >= 4 is 21.2 Å². The number of nitrogens with zero attached hydrogens (tertiary/aromatic N) is 7. The Kier molecular flexibility index (Phi) is 6.00. The van der Waals surface area contributed by atoms with E-state index in [2.05, 4.69) is 20.1 Å². The molecule has 1 aliphatic carbocycles. The van der Waals surface area contributed by atoms with Crippen molar-refractivity contribution in [1.29, 1.82) is 0 Å². The molecule has 2 aromatic carbocycles. The molecule has 0 radical (unpaired) electrons. The van der Waals surface area contributed by atoms with E-state index in [-0.39, 0.29) is 22.2 Å². The summed E-state index contributed by atoms with van der Waals surface area (Å²) in [5.74, 6) is -0.360. The molecular formula is C28H26FN7O2S. The summed E-state index contributed by atoms with van der Waals surface area (Å²) in [4.78, 5) is 18.6. The average molecular weight is 544 g/mol. The molecule has 0 bridgehead atoms. The fourth-order valence-corrected chi connectivity index (χ4v) is 5.91. The van der Waals surface area contributed by atoms with Crippen LogP contribution in [-0.4, -0.2) is 55.5 Å². The molecule has 5 aromatic rings. The highest BCUT2D eigenvalue weighted by Crippen LogP contribution is 2.34. The van der Waals surface area contributed by atoms with E-state index in [1.54, 1.807) is 10.9 Å². The van der Waals surface area contributed by atoms with E-state index >= 15 is 4.39 Å². The lowest BCUT2D eigenvalue weighted by Gasteiger charge is -2.17. The third-order valence-corrected chi connectivity index (χ3v) is 8.94. The Balaban J connectivity index is 1.51. The predicted octanol–water partition coefficient (Wildman–Crippen LogP) is 4.69. The number of sulfonamides is 1. The summed E-state index contributed by atoms with van der Waals surface area (Å²) in [5.41, 5.74) is 4.99. The molecule has 3 heterocycles. The second-order valence-corrected chi connectivity index (χ2v) is 11.8. The monoisotopic (exact) mass is 543 g/mol. The van der Waals surface area contributed by atoms with Gasteiger partial charge in [-0.25, -0.2) is 32.7 Å². The third kappa shape index (κ3) is 4.57. The molecule has 198 valence electrons. The molecule has 3 aromatic heterocycles. The first kappa shape index (κ1) is 25.2. The third-order valence-electron chi connectivity index (χ3n) is 7.04. The predicted molar refractivity (Wildman–Crippen MR) is 146 cm³/mol. The maximum atomic E-state index is 15.7. The van der Waals surface area contributed by atoms with E-state index in [4.69, 9.17) is 4.98 Å². The summed E-state index contributed by atoms with van der Waals surface area (Å²) in [6, 6.07) is 11.6. The molecule has 9 nitrogen and oxygen atoms in total. The van der Waals surface area contributed by atoms with Crippen molar-refractivity contribution in [3.8, 4) is 33.8 Å². The number of halogens is 1. The molecule has 0 saturated heterocycles. The zero-order chi connectivity index (χ0) is 27.5. The molecule has 1 fully saturated rings. The standard InChI is InChI=1S/C28H26FN7O2S/c1-16-17(2)32-28-26(31-16)25(23-11-10-22(13-24(23)29)39(37,38)36(4)21-8-9-21)33-27(34-28)19-7-5-6-18(12-19)20-14-30-35(3)15-20/h5-7,10-15,21H,8-9H2,1-4H3. The van der Waals surface area contributed by atoms with Crippen molar-refractivity contribution in [3.05, 3.63) is 72.1 Å². The number of hydrogen-bond donors (Lipinski definition) is 0. The second-order valence-electron chi connectivity index (χ2n) is 9.84. The number of benzene rings is 2. The van der Waals surface area contributed by atoms with Crippen molar-refractivity contribution in [1.82, 2.24) is 34.0 Å². The van der Waals surface area contributed by atoms with Crippen LogP contribution < -0.4 is 0 Å². The van der Waals surface area contributed by atoms with Crippen molar-refractivity contribution in [2.75, 3.05) is 7.05 Å². The molecule has 0 spiro atoms. The summed E-state index contributed by atoms with van der Waals surface area (Å²) in [7, 11) is -0.424. The van der Waals surface area contributed by atoms with Crippen LogP contribution in [0, 0.1) is 19.7 Å². The minimum atomic E-state index is -3.81. The molecule has 0 aliphatic heterocycles. The molecule has 39 heavy (non-hydrogen) atoms. The van der Waals surface area contributed by atoms with Crippen LogP contribution in [-0.2, 0) is 17.1 Å². The first-order chi connectivity index (χ1) is 18.6. The Morgan fingerprint density at radius 1 is 0.949 bits per heavy atom. The fourth-order valence-electron chi connectivity index (χ4n) is 4.49. The van der Waals surface area contributed by atoms with Crippen LogP contribution in [0.1, 0.15) is 24.2 Å². The van der Waals surface area contributed by atoms with Gasteiger partial charge in [-0.15, -0.1) is 0 Å². The van der Waals surface area contributed by atoms with Crippen LogP contribution in [0.3, 0.4) is 0 Å². The minimum absolute atomic E-state index is 0.0324. The van der Waals surface area contributed by atoms with E-state index in [0.717, 1.165) is 30.0 Å². The number of hydrogen-bond acceptors (Lipinski definition) is 7. The van der Waals surface area contributed by atoms with Gasteiger partial charge in [0.25, 0.3) is 0 Å². The van der Waals surface area contributed by atoms with Crippen LogP contribution in [0.2, 0.25) is 0 Å². The zero-order valence-corrected chi connectivity index (χ0v) is 22.7. The molecule has 0 N–H and O–H groups in total. The highest BCUT2D eigenvalue weighted by molar-refractivity contribution is 7.89. The molecule has 0 atom stereocenters. The molecule has 1 saturated carbocycles. The van der Waals surface area contributed by atoms with Gasteiger partial charge in [-0.1, -0.05) is 18.2 Å². The highest BCUT2D eigenvalue weighted by Gasteiger charge is 2.35. The molecule has 1 aliphatic rings. The Bertz CT molecular complexity index is 1870. The summed E-state index contributed by atoms with van der Waals surface area (Å²) in [5, 5.41) is 4.25. The van der Waals surface area contributed by atoms with Crippen molar-refractivity contribution < 1.29 is 12.8 Å². The maximum absolute atomic E-state index is 15.7. The van der Waals surface area contributed by atoms with E-state index in [1.165, 1.54) is 23.5 Å². The minimum Gasteiger partial charge on any atom is -0.275 e. The lowest BCUT2D eigenvalue weighted by molar-refractivity contribution is 0.463. The quantitative estimate of drug-likeness (QED) is 0.306. The molecule has 0 unspecified atom stereocenters. The number of rotatable bonds is 6. The Hall–Kier alpha value is -4.09. The number of fused-ring (bicyclic) bond motifs is 1. The Labute approximate surface area is 225 Å². The van der Waals surface area contributed by atoms with Crippen molar-refractivity contribution in [3.63, 3.8) is 0 Å². The van der Waals surface area contributed by atoms with Crippen molar-refractivity contribution in [2.24, 2.45) is 7.05 Å². The van der Waals surface area contributed by atoms with E-state index in [1.807, 2.05) is 51.4 Å². The van der Waals surface area contributed by atoms with Gasteiger partial charge in [0, 0.05) is 43.0 Å². The van der Waals surface area contributed by atoms with E-state index in [0.29, 0.717) is 33.9 Å². The van der Waals surface area contributed by atoms with Gasteiger partial charge in [-0.05, 0) is 56.5 Å².